The minimum absolute atomic E-state index is 0.0881. The van der Waals surface area contributed by atoms with Crippen molar-refractivity contribution in [1.29, 1.82) is 0 Å². The molecule has 2 heteroatoms. The summed E-state index contributed by atoms with van der Waals surface area (Å²) in [5.41, 5.74) is 2.83. The standard InChI is InChI=1S/C20H36N2/c1-15(2)21(19(5,6)7)17-13-11-12-14-18(17)22(16(3)4)20(8,9)10/h11-16H,1-10H3. The summed E-state index contributed by atoms with van der Waals surface area (Å²) in [6.45, 7) is 22.9. The summed E-state index contributed by atoms with van der Waals surface area (Å²) in [5, 5.41) is 0. The van der Waals surface area contributed by atoms with Gasteiger partial charge >= 0.3 is 0 Å². The van der Waals surface area contributed by atoms with Crippen LogP contribution in [-0.2, 0) is 0 Å². The van der Waals surface area contributed by atoms with Crippen molar-refractivity contribution in [2.45, 2.75) is 92.4 Å². The van der Waals surface area contributed by atoms with Gasteiger partial charge in [0.2, 0.25) is 0 Å². The Morgan fingerprint density at radius 3 is 1.09 bits per heavy atom. The summed E-state index contributed by atoms with van der Waals surface area (Å²) in [5.74, 6) is 0. The third-order valence-corrected chi connectivity index (χ3v) is 3.88. The first kappa shape index (κ1) is 18.9. The molecule has 0 N–H and O–H groups in total. The molecule has 0 aliphatic rings. The molecule has 1 aromatic rings. The molecule has 0 saturated carbocycles. The number of hydrogen-bond acceptors (Lipinski definition) is 2. The van der Waals surface area contributed by atoms with Gasteiger partial charge in [0, 0.05) is 23.2 Å². The highest BCUT2D eigenvalue weighted by Gasteiger charge is 2.31. The van der Waals surface area contributed by atoms with Gasteiger partial charge in [-0.3, -0.25) is 0 Å². The molecule has 1 rings (SSSR count). The van der Waals surface area contributed by atoms with Crippen molar-refractivity contribution < 1.29 is 0 Å². The van der Waals surface area contributed by atoms with E-state index in [1.54, 1.807) is 0 Å². The topological polar surface area (TPSA) is 6.48 Å². The van der Waals surface area contributed by atoms with E-state index in [0.29, 0.717) is 12.1 Å². The molecule has 1 aromatic carbocycles. The van der Waals surface area contributed by atoms with E-state index >= 15 is 0 Å². The van der Waals surface area contributed by atoms with E-state index in [0.717, 1.165) is 0 Å². The molecular weight excluding hydrogens is 268 g/mol. The van der Waals surface area contributed by atoms with Crippen molar-refractivity contribution in [3.8, 4) is 0 Å². The van der Waals surface area contributed by atoms with E-state index in [1.807, 2.05) is 0 Å². The van der Waals surface area contributed by atoms with Crippen molar-refractivity contribution >= 4 is 11.4 Å². The number of hydrogen-bond donors (Lipinski definition) is 0. The lowest BCUT2D eigenvalue weighted by atomic mass is 9.98. The fourth-order valence-electron chi connectivity index (χ4n) is 3.70. The van der Waals surface area contributed by atoms with E-state index in [-0.39, 0.29) is 11.1 Å². The van der Waals surface area contributed by atoms with Gasteiger partial charge in [0.15, 0.2) is 0 Å². The molecule has 0 aliphatic carbocycles. The van der Waals surface area contributed by atoms with Gasteiger partial charge in [-0.25, -0.2) is 0 Å². The fraction of sp³-hybridized carbons (Fsp3) is 0.700. The molecule has 0 atom stereocenters. The zero-order chi connectivity index (χ0) is 17.3. The number of anilines is 2. The Morgan fingerprint density at radius 1 is 0.636 bits per heavy atom. The van der Waals surface area contributed by atoms with Crippen LogP contribution in [0.15, 0.2) is 24.3 Å². The Balaban J connectivity index is 3.52. The number of para-hydroxylation sites is 2. The van der Waals surface area contributed by atoms with Crippen molar-refractivity contribution in [2.24, 2.45) is 0 Å². The summed E-state index contributed by atoms with van der Waals surface area (Å²) >= 11 is 0. The molecule has 126 valence electrons. The van der Waals surface area contributed by atoms with Gasteiger partial charge in [0.25, 0.3) is 0 Å². The third-order valence-electron chi connectivity index (χ3n) is 3.88. The molecule has 0 fully saturated rings. The van der Waals surface area contributed by atoms with Crippen molar-refractivity contribution in [3.05, 3.63) is 24.3 Å². The van der Waals surface area contributed by atoms with Crippen LogP contribution in [0.2, 0.25) is 0 Å². The van der Waals surface area contributed by atoms with E-state index in [2.05, 4.69) is 103 Å². The van der Waals surface area contributed by atoms with Crippen molar-refractivity contribution in [1.82, 2.24) is 0 Å². The van der Waals surface area contributed by atoms with Crippen LogP contribution in [0.3, 0.4) is 0 Å². The van der Waals surface area contributed by atoms with Crippen LogP contribution >= 0.6 is 0 Å². The SMILES string of the molecule is CC(C)N(c1ccccc1N(C(C)C)C(C)(C)C)C(C)(C)C. The van der Waals surface area contributed by atoms with Gasteiger partial charge in [0.1, 0.15) is 0 Å². The van der Waals surface area contributed by atoms with Gasteiger partial charge < -0.3 is 9.80 Å². The molecule has 0 radical (unpaired) electrons. The summed E-state index contributed by atoms with van der Waals surface area (Å²) in [4.78, 5) is 5.06. The lowest BCUT2D eigenvalue weighted by Crippen LogP contribution is -2.50. The second kappa shape index (κ2) is 6.52. The lowest BCUT2D eigenvalue weighted by Gasteiger charge is -2.47. The molecule has 0 aromatic heterocycles. The van der Waals surface area contributed by atoms with E-state index in [1.165, 1.54) is 11.4 Å². The van der Waals surface area contributed by atoms with Gasteiger partial charge in [0.05, 0.1) is 11.4 Å². The highest BCUT2D eigenvalue weighted by Crippen LogP contribution is 2.38. The van der Waals surface area contributed by atoms with Crippen LogP contribution in [0.5, 0.6) is 0 Å². The summed E-state index contributed by atoms with van der Waals surface area (Å²) < 4.78 is 0. The minimum atomic E-state index is 0.0881. The number of nitrogens with zero attached hydrogens (tertiary/aromatic N) is 2. The van der Waals surface area contributed by atoms with Crippen LogP contribution in [-0.4, -0.2) is 23.2 Å². The van der Waals surface area contributed by atoms with Gasteiger partial charge in [-0.15, -0.1) is 0 Å². The Labute approximate surface area is 138 Å². The Bertz CT molecular complexity index is 430. The quantitative estimate of drug-likeness (QED) is 0.702. The van der Waals surface area contributed by atoms with Crippen LogP contribution in [0.25, 0.3) is 0 Å². The maximum Gasteiger partial charge on any atom is 0.0611 e. The fourth-order valence-corrected chi connectivity index (χ4v) is 3.70. The van der Waals surface area contributed by atoms with Crippen LogP contribution in [0, 0.1) is 0 Å². The first-order valence-corrected chi connectivity index (χ1v) is 8.55. The molecule has 0 aliphatic heterocycles. The smallest absolute Gasteiger partial charge is 0.0611 e. The van der Waals surface area contributed by atoms with Gasteiger partial charge in [-0.2, -0.15) is 0 Å². The third kappa shape index (κ3) is 4.18. The van der Waals surface area contributed by atoms with Crippen LogP contribution < -0.4 is 9.80 Å². The molecule has 0 unspecified atom stereocenters. The lowest BCUT2D eigenvalue weighted by molar-refractivity contribution is 0.449. The Morgan fingerprint density at radius 2 is 0.909 bits per heavy atom. The Kier molecular flexibility index (Phi) is 5.59. The largest absolute Gasteiger partial charge is 0.363 e. The zero-order valence-electron chi connectivity index (χ0n) is 16.4. The zero-order valence-corrected chi connectivity index (χ0v) is 16.4. The number of rotatable bonds is 4. The maximum atomic E-state index is 2.53. The summed E-state index contributed by atoms with van der Waals surface area (Å²) in [6.07, 6.45) is 0. The Hall–Kier alpha value is -1.18. The molecular formula is C20H36N2. The van der Waals surface area contributed by atoms with E-state index < -0.39 is 0 Å². The van der Waals surface area contributed by atoms with Crippen molar-refractivity contribution in [2.75, 3.05) is 9.80 Å². The first-order chi connectivity index (χ1) is 9.87. The minimum Gasteiger partial charge on any atom is -0.363 e. The van der Waals surface area contributed by atoms with E-state index in [4.69, 9.17) is 0 Å². The molecule has 22 heavy (non-hydrogen) atoms. The molecule has 0 bridgehead atoms. The second-order valence-corrected chi connectivity index (χ2v) is 8.76. The maximum absolute atomic E-state index is 2.53. The van der Waals surface area contributed by atoms with Gasteiger partial charge in [-0.05, 0) is 81.4 Å². The van der Waals surface area contributed by atoms with Gasteiger partial charge in [-0.1, -0.05) is 12.1 Å². The second-order valence-electron chi connectivity index (χ2n) is 8.76. The first-order valence-electron chi connectivity index (χ1n) is 8.55. The molecule has 0 amide bonds. The van der Waals surface area contributed by atoms with Crippen molar-refractivity contribution in [3.63, 3.8) is 0 Å². The summed E-state index contributed by atoms with van der Waals surface area (Å²) in [7, 11) is 0. The molecule has 0 spiro atoms. The monoisotopic (exact) mass is 304 g/mol. The van der Waals surface area contributed by atoms with Crippen LogP contribution in [0.4, 0.5) is 11.4 Å². The predicted molar refractivity (Wildman–Crippen MR) is 101 cm³/mol. The molecule has 0 heterocycles. The highest BCUT2D eigenvalue weighted by molar-refractivity contribution is 5.73. The average molecular weight is 305 g/mol. The normalized spacial score (nSPS) is 12.9. The average Bonchev–Trinajstić information content (AvgIpc) is 2.26. The highest BCUT2D eigenvalue weighted by atomic mass is 15.3. The van der Waals surface area contributed by atoms with E-state index in [9.17, 15) is 0 Å². The predicted octanol–water partition coefficient (Wildman–Crippen LogP) is 5.71. The summed E-state index contributed by atoms with van der Waals surface area (Å²) in [6, 6.07) is 9.75. The molecule has 0 saturated heterocycles. The van der Waals surface area contributed by atoms with Crippen LogP contribution in [0.1, 0.15) is 69.2 Å². The molecule has 2 nitrogen and oxygen atoms in total. The number of benzene rings is 1.